The van der Waals surface area contributed by atoms with Crippen LogP contribution in [0.15, 0.2) is 15.4 Å². The van der Waals surface area contributed by atoms with E-state index >= 15 is 0 Å². The van der Waals surface area contributed by atoms with Crippen molar-refractivity contribution in [1.29, 1.82) is 0 Å². The van der Waals surface area contributed by atoms with Crippen LogP contribution in [0.1, 0.15) is 29.7 Å². The molecule has 0 saturated carbocycles. The van der Waals surface area contributed by atoms with Crippen LogP contribution in [0, 0.1) is 18.8 Å². The zero-order valence-corrected chi connectivity index (χ0v) is 13.9. The first-order valence-electron chi connectivity index (χ1n) is 7.08. The lowest BCUT2D eigenvalue weighted by Crippen LogP contribution is -2.45. The van der Waals surface area contributed by atoms with Gasteiger partial charge in [0.1, 0.15) is 10.7 Å². The molecule has 1 fully saturated rings. The Morgan fingerprint density at radius 2 is 2.04 bits per heavy atom. The van der Waals surface area contributed by atoms with Gasteiger partial charge in [-0.15, -0.1) is 0 Å². The number of esters is 1. The van der Waals surface area contributed by atoms with Crippen LogP contribution < -0.4 is 0 Å². The van der Waals surface area contributed by atoms with E-state index in [-0.39, 0.29) is 35.4 Å². The van der Waals surface area contributed by atoms with E-state index in [1.807, 2.05) is 0 Å². The summed E-state index contributed by atoms with van der Waals surface area (Å²) in [6.07, 6.45) is 0.430. The van der Waals surface area contributed by atoms with Crippen LogP contribution in [0.2, 0.25) is 0 Å². The summed E-state index contributed by atoms with van der Waals surface area (Å²) in [6, 6.07) is 1.12. The van der Waals surface area contributed by atoms with E-state index in [1.54, 1.807) is 6.92 Å². The van der Waals surface area contributed by atoms with Crippen molar-refractivity contribution in [2.45, 2.75) is 25.2 Å². The van der Waals surface area contributed by atoms with Crippen LogP contribution in [-0.2, 0) is 19.6 Å². The van der Waals surface area contributed by atoms with E-state index in [9.17, 15) is 23.1 Å². The summed E-state index contributed by atoms with van der Waals surface area (Å²) >= 11 is 0. The van der Waals surface area contributed by atoms with Crippen LogP contribution in [-0.4, -0.2) is 50.0 Å². The number of aryl methyl sites for hydroxylation is 1. The summed E-state index contributed by atoms with van der Waals surface area (Å²) in [4.78, 5) is 22.5. The highest BCUT2D eigenvalue weighted by Gasteiger charge is 2.38. The van der Waals surface area contributed by atoms with E-state index in [2.05, 4.69) is 4.74 Å². The maximum atomic E-state index is 12.8. The third kappa shape index (κ3) is 3.40. The minimum atomic E-state index is -3.94. The minimum Gasteiger partial charge on any atom is -0.481 e. The zero-order chi connectivity index (χ0) is 17.4. The number of ether oxygens (including phenoxy) is 1. The predicted molar refractivity (Wildman–Crippen MR) is 78.5 cm³/mol. The van der Waals surface area contributed by atoms with Crippen LogP contribution in [0.4, 0.5) is 0 Å². The van der Waals surface area contributed by atoms with E-state index in [0.717, 1.165) is 17.5 Å². The molecular weight excluding hydrogens is 326 g/mol. The number of furan rings is 1. The van der Waals surface area contributed by atoms with Gasteiger partial charge in [-0.05, 0) is 19.3 Å². The number of carboxylic acid groups (broad SMARTS) is 1. The normalized spacial score (nSPS) is 22.7. The van der Waals surface area contributed by atoms with Gasteiger partial charge in [0.2, 0.25) is 15.8 Å². The number of nitrogens with zero attached hydrogens (tertiary/aromatic N) is 1. The number of piperidine rings is 1. The Morgan fingerprint density at radius 3 is 2.61 bits per heavy atom. The molecule has 2 heterocycles. The molecule has 1 saturated heterocycles. The molecule has 8 nitrogen and oxygen atoms in total. The standard InChI is InChI=1S/C14H19NO7S/c1-8-4-10(13(16)17)7-15(6-8)23(19,20)12-5-11(14(18)21-3)22-9(12)2/h5,8,10H,4,6-7H2,1-3H3,(H,16,17). The van der Waals surface area contributed by atoms with Gasteiger partial charge >= 0.3 is 11.9 Å². The SMILES string of the molecule is COC(=O)c1cc(S(=O)(=O)N2CC(C)CC(C(=O)O)C2)c(C)o1. The van der Waals surface area contributed by atoms with Crippen molar-refractivity contribution in [2.75, 3.05) is 20.2 Å². The lowest BCUT2D eigenvalue weighted by molar-refractivity contribution is -0.143. The molecule has 1 aromatic rings. The molecule has 2 unspecified atom stereocenters. The van der Waals surface area contributed by atoms with Gasteiger partial charge in [-0.25, -0.2) is 13.2 Å². The molecular formula is C14H19NO7S. The number of carbonyl (C=O) groups is 2. The highest BCUT2D eigenvalue weighted by atomic mass is 32.2. The number of hydrogen-bond donors (Lipinski definition) is 1. The number of carbonyl (C=O) groups excluding carboxylic acids is 1. The highest BCUT2D eigenvalue weighted by Crippen LogP contribution is 2.30. The maximum Gasteiger partial charge on any atom is 0.373 e. The first-order chi connectivity index (χ1) is 10.7. The molecule has 128 valence electrons. The Kier molecular flexibility index (Phi) is 4.81. The fourth-order valence-electron chi connectivity index (χ4n) is 2.74. The number of sulfonamides is 1. The second-order valence-electron chi connectivity index (χ2n) is 5.72. The Balaban J connectivity index is 2.36. The Labute approximate surface area is 134 Å². The first kappa shape index (κ1) is 17.5. The second kappa shape index (κ2) is 6.32. The smallest absolute Gasteiger partial charge is 0.373 e. The van der Waals surface area contributed by atoms with Gasteiger partial charge in [0.15, 0.2) is 0 Å². The van der Waals surface area contributed by atoms with E-state index in [1.165, 1.54) is 6.92 Å². The van der Waals surface area contributed by atoms with Crippen molar-refractivity contribution in [3.05, 3.63) is 17.6 Å². The highest BCUT2D eigenvalue weighted by molar-refractivity contribution is 7.89. The van der Waals surface area contributed by atoms with Gasteiger partial charge < -0.3 is 14.3 Å². The topological polar surface area (TPSA) is 114 Å². The summed E-state index contributed by atoms with van der Waals surface area (Å²) < 4.78 is 36.3. The molecule has 0 amide bonds. The molecule has 0 bridgehead atoms. The Bertz CT molecular complexity index is 721. The van der Waals surface area contributed by atoms with Crippen molar-refractivity contribution in [1.82, 2.24) is 4.31 Å². The van der Waals surface area contributed by atoms with E-state index in [0.29, 0.717) is 6.42 Å². The van der Waals surface area contributed by atoms with Gasteiger partial charge in [0.05, 0.1) is 13.0 Å². The summed E-state index contributed by atoms with van der Waals surface area (Å²) in [6.45, 7) is 3.37. The predicted octanol–water partition coefficient (Wildman–Crippen LogP) is 1.11. The maximum absolute atomic E-state index is 12.8. The zero-order valence-electron chi connectivity index (χ0n) is 13.1. The minimum absolute atomic E-state index is 0.0653. The van der Waals surface area contributed by atoms with Crippen LogP contribution in [0.25, 0.3) is 0 Å². The number of aliphatic carboxylic acids is 1. The van der Waals surface area contributed by atoms with Crippen molar-refractivity contribution in [3.8, 4) is 0 Å². The van der Waals surface area contributed by atoms with Crippen LogP contribution in [0.3, 0.4) is 0 Å². The molecule has 2 atom stereocenters. The largest absolute Gasteiger partial charge is 0.481 e. The van der Waals surface area contributed by atoms with Crippen LogP contribution >= 0.6 is 0 Å². The molecule has 1 N–H and O–H groups in total. The number of hydrogen-bond acceptors (Lipinski definition) is 6. The Morgan fingerprint density at radius 1 is 1.39 bits per heavy atom. The quantitative estimate of drug-likeness (QED) is 0.813. The Hall–Kier alpha value is -1.87. The summed E-state index contributed by atoms with van der Waals surface area (Å²) in [5, 5.41) is 9.17. The summed E-state index contributed by atoms with van der Waals surface area (Å²) in [5.74, 6) is -2.76. The average Bonchev–Trinajstić information content (AvgIpc) is 2.88. The lowest BCUT2D eigenvalue weighted by atomic mass is 9.92. The molecule has 0 aliphatic carbocycles. The fourth-order valence-corrected chi connectivity index (χ4v) is 4.51. The number of carboxylic acids is 1. The van der Waals surface area contributed by atoms with Crippen molar-refractivity contribution >= 4 is 22.0 Å². The van der Waals surface area contributed by atoms with Gasteiger partial charge in [-0.1, -0.05) is 6.92 Å². The molecule has 9 heteroatoms. The molecule has 1 aliphatic rings. The molecule has 2 rings (SSSR count). The number of methoxy groups -OCH3 is 1. The lowest BCUT2D eigenvalue weighted by Gasteiger charge is -2.33. The number of rotatable bonds is 4. The monoisotopic (exact) mass is 345 g/mol. The van der Waals surface area contributed by atoms with Crippen molar-refractivity contribution in [2.24, 2.45) is 11.8 Å². The van der Waals surface area contributed by atoms with E-state index < -0.39 is 27.9 Å². The van der Waals surface area contributed by atoms with Gasteiger partial charge in [0.25, 0.3) is 0 Å². The van der Waals surface area contributed by atoms with Gasteiger partial charge in [-0.2, -0.15) is 4.31 Å². The van der Waals surface area contributed by atoms with Gasteiger partial charge in [-0.3, -0.25) is 4.79 Å². The van der Waals surface area contributed by atoms with Gasteiger partial charge in [0, 0.05) is 19.2 Å². The molecule has 0 aromatic carbocycles. The third-order valence-corrected chi connectivity index (χ3v) is 5.79. The second-order valence-corrected chi connectivity index (χ2v) is 7.63. The molecule has 1 aliphatic heterocycles. The van der Waals surface area contributed by atoms with Crippen molar-refractivity contribution in [3.63, 3.8) is 0 Å². The molecule has 0 spiro atoms. The molecule has 1 aromatic heterocycles. The van der Waals surface area contributed by atoms with Crippen LogP contribution in [0.5, 0.6) is 0 Å². The summed E-state index contributed by atoms with van der Waals surface area (Å²) in [7, 11) is -2.78. The molecule has 0 radical (unpaired) electrons. The summed E-state index contributed by atoms with van der Waals surface area (Å²) in [5.41, 5.74) is 0. The average molecular weight is 345 g/mol. The molecule has 23 heavy (non-hydrogen) atoms. The first-order valence-corrected chi connectivity index (χ1v) is 8.52. The van der Waals surface area contributed by atoms with E-state index in [4.69, 9.17) is 4.42 Å². The van der Waals surface area contributed by atoms with Crippen molar-refractivity contribution < 1.29 is 32.3 Å². The fraction of sp³-hybridized carbons (Fsp3) is 0.571. The third-order valence-electron chi connectivity index (χ3n) is 3.85.